The second-order valence-corrected chi connectivity index (χ2v) is 7.25. The van der Waals surface area contributed by atoms with Gasteiger partial charge in [-0.2, -0.15) is 0 Å². The van der Waals surface area contributed by atoms with Crippen LogP contribution in [0.2, 0.25) is 0 Å². The summed E-state index contributed by atoms with van der Waals surface area (Å²) in [7, 11) is 1.31. The van der Waals surface area contributed by atoms with E-state index in [1.54, 1.807) is 17.2 Å². The fourth-order valence-corrected chi connectivity index (χ4v) is 3.38. The van der Waals surface area contributed by atoms with Crippen LogP contribution in [0.15, 0.2) is 36.1 Å². The largest absolute Gasteiger partial charge is 0.465 e. The highest BCUT2D eigenvalue weighted by molar-refractivity contribution is 5.91. The average Bonchev–Trinajstić information content (AvgIpc) is 3.00. The van der Waals surface area contributed by atoms with Crippen molar-refractivity contribution >= 4 is 11.7 Å². The van der Waals surface area contributed by atoms with Gasteiger partial charge in [0.05, 0.1) is 17.6 Å². The molecule has 0 radical (unpaired) electrons. The van der Waals surface area contributed by atoms with Crippen molar-refractivity contribution in [2.45, 2.75) is 44.4 Å². The van der Waals surface area contributed by atoms with Crippen LogP contribution in [0, 0.1) is 10.1 Å². The van der Waals surface area contributed by atoms with Crippen molar-refractivity contribution in [3.63, 3.8) is 0 Å². The maximum absolute atomic E-state index is 12.4. The lowest BCUT2D eigenvalue weighted by atomic mass is 9.84. The van der Waals surface area contributed by atoms with Crippen molar-refractivity contribution in [2.24, 2.45) is 0 Å². The Bertz CT molecular complexity index is 769. The number of carbonyl (C=O) groups is 1. The van der Waals surface area contributed by atoms with E-state index in [9.17, 15) is 14.9 Å². The number of benzene rings is 1. The van der Waals surface area contributed by atoms with Gasteiger partial charge in [-0.3, -0.25) is 15.4 Å². The molecule has 1 N–H and O–H groups in total. The Morgan fingerprint density at radius 3 is 2.36 bits per heavy atom. The molecular weight excluding hydrogens is 326 g/mol. The number of non-ortho nitro benzene ring substituents is 1. The van der Waals surface area contributed by atoms with E-state index >= 15 is 0 Å². The van der Waals surface area contributed by atoms with Gasteiger partial charge in [-0.05, 0) is 45.4 Å². The number of ether oxygens (including phenoxy) is 1. The molecule has 1 atom stereocenters. The standard InChI is InChI=1S/C17H21N3O5/c1-15(2)16(3,4)20-17(18-15,13(10-25-20)14(21)24-5)11-6-8-12(9-7-11)19(22)23/h6-10,18H,1-5H3. The van der Waals surface area contributed by atoms with E-state index in [4.69, 9.17) is 9.57 Å². The van der Waals surface area contributed by atoms with Gasteiger partial charge in [0, 0.05) is 17.7 Å². The molecule has 0 saturated carbocycles. The highest BCUT2D eigenvalue weighted by Gasteiger charge is 2.67. The molecule has 1 saturated heterocycles. The zero-order valence-electron chi connectivity index (χ0n) is 14.8. The van der Waals surface area contributed by atoms with Crippen molar-refractivity contribution in [1.82, 2.24) is 10.4 Å². The van der Waals surface area contributed by atoms with E-state index in [0.717, 1.165) is 0 Å². The molecule has 8 nitrogen and oxygen atoms in total. The number of nitro benzene ring substituents is 1. The van der Waals surface area contributed by atoms with Gasteiger partial charge in [0.15, 0.2) is 5.66 Å². The topological polar surface area (TPSA) is 93.9 Å². The minimum atomic E-state index is -1.09. The first-order chi connectivity index (χ1) is 11.6. The summed E-state index contributed by atoms with van der Waals surface area (Å²) in [5.41, 5.74) is -1.07. The number of methoxy groups -OCH3 is 1. The van der Waals surface area contributed by atoms with Gasteiger partial charge in [0.1, 0.15) is 11.8 Å². The smallest absolute Gasteiger partial charge is 0.340 e. The Hall–Kier alpha value is -2.45. The zero-order chi connectivity index (χ0) is 18.6. The van der Waals surface area contributed by atoms with Gasteiger partial charge in [0.25, 0.3) is 5.69 Å². The molecule has 25 heavy (non-hydrogen) atoms. The normalized spacial score (nSPS) is 26.5. The molecule has 2 aliphatic rings. The minimum absolute atomic E-state index is 0.0225. The summed E-state index contributed by atoms with van der Waals surface area (Å²) >= 11 is 0. The average molecular weight is 347 g/mol. The number of nitrogens with one attached hydrogen (secondary N) is 1. The molecule has 0 amide bonds. The zero-order valence-corrected chi connectivity index (χ0v) is 14.8. The molecule has 134 valence electrons. The van der Waals surface area contributed by atoms with Crippen LogP contribution in [-0.2, 0) is 20.0 Å². The monoisotopic (exact) mass is 347 g/mol. The first-order valence-corrected chi connectivity index (χ1v) is 7.88. The summed E-state index contributed by atoms with van der Waals surface area (Å²) in [4.78, 5) is 28.7. The Morgan fingerprint density at radius 1 is 1.24 bits per heavy atom. The summed E-state index contributed by atoms with van der Waals surface area (Å²) in [5, 5.41) is 16.2. The van der Waals surface area contributed by atoms with Crippen LogP contribution in [-0.4, -0.2) is 34.1 Å². The van der Waals surface area contributed by atoms with Crippen molar-refractivity contribution in [1.29, 1.82) is 0 Å². The molecule has 2 heterocycles. The predicted octanol–water partition coefficient (Wildman–Crippen LogP) is 2.21. The number of nitro groups is 1. The lowest BCUT2D eigenvalue weighted by Crippen LogP contribution is -2.52. The second-order valence-electron chi connectivity index (χ2n) is 7.25. The van der Waals surface area contributed by atoms with E-state index in [2.05, 4.69) is 5.32 Å². The molecule has 0 aliphatic carbocycles. The second kappa shape index (κ2) is 5.27. The summed E-state index contributed by atoms with van der Waals surface area (Å²) in [6, 6.07) is 6.08. The predicted molar refractivity (Wildman–Crippen MR) is 89.1 cm³/mol. The molecule has 1 aromatic rings. The Balaban J connectivity index is 2.19. The van der Waals surface area contributed by atoms with Gasteiger partial charge >= 0.3 is 5.97 Å². The minimum Gasteiger partial charge on any atom is -0.465 e. The summed E-state index contributed by atoms with van der Waals surface area (Å²) in [5.74, 6) is -0.526. The molecule has 0 bridgehead atoms. The summed E-state index contributed by atoms with van der Waals surface area (Å²) in [6.07, 6.45) is 1.37. The molecule has 1 fully saturated rings. The Kier molecular flexibility index (Phi) is 3.66. The van der Waals surface area contributed by atoms with E-state index in [-0.39, 0.29) is 5.69 Å². The molecule has 0 spiro atoms. The highest BCUT2D eigenvalue weighted by atomic mass is 16.7. The summed E-state index contributed by atoms with van der Waals surface area (Å²) in [6.45, 7) is 8.02. The van der Waals surface area contributed by atoms with Crippen LogP contribution < -0.4 is 5.32 Å². The van der Waals surface area contributed by atoms with Crippen LogP contribution in [0.5, 0.6) is 0 Å². The lowest BCUT2D eigenvalue weighted by molar-refractivity contribution is -0.384. The first-order valence-electron chi connectivity index (χ1n) is 7.88. The maximum Gasteiger partial charge on any atom is 0.340 e. The van der Waals surface area contributed by atoms with Gasteiger partial charge in [-0.1, -0.05) is 0 Å². The highest BCUT2D eigenvalue weighted by Crippen LogP contribution is 2.53. The Labute approximate surface area is 145 Å². The number of hydrogen-bond acceptors (Lipinski definition) is 7. The number of hydrogen-bond donors (Lipinski definition) is 1. The van der Waals surface area contributed by atoms with Crippen LogP contribution >= 0.6 is 0 Å². The van der Waals surface area contributed by atoms with Crippen LogP contribution in [0.3, 0.4) is 0 Å². The lowest BCUT2D eigenvalue weighted by Gasteiger charge is -2.38. The number of esters is 1. The van der Waals surface area contributed by atoms with Crippen LogP contribution in [0.4, 0.5) is 5.69 Å². The van der Waals surface area contributed by atoms with Gasteiger partial charge in [0.2, 0.25) is 0 Å². The van der Waals surface area contributed by atoms with Crippen LogP contribution in [0.1, 0.15) is 33.3 Å². The fraction of sp³-hybridized carbons (Fsp3) is 0.471. The SMILES string of the molecule is COC(=O)C1=CON2C1(c1ccc([N+](=O)[O-])cc1)NC(C)(C)C2(C)C. The molecule has 8 heteroatoms. The number of carbonyl (C=O) groups excluding carboxylic acids is 1. The third kappa shape index (κ3) is 2.17. The van der Waals surface area contributed by atoms with E-state index in [1.165, 1.54) is 25.5 Å². The third-order valence-electron chi connectivity index (χ3n) is 5.40. The molecule has 0 aromatic heterocycles. The quantitative estimate of drug-likeness (QED) is 0.509. The molecule has 1 unspecified atom stereocenters. The maximum atomic E-state index is 12.4. The number of rotatable bonds is 3. The summed E-state index contributed by atoms with van der Waals surface area (Å²) < 4.78 is 4.93. The van der Waals surface area contributed by atoms with Crippen LogP contribution in [0.25, 0.3) is 0 Å². The van der Waals surface area contributed by atoms with Gasteiger partial charge < -0.3 is 9.57 Å². The van der Waals surface area contributed by atoms with Crippen molar-refractivity contribution in [3.8, 4) is 0 Å². The first kappa shape index (κ1) is 17.4. The Morgan fingerprint density at radius 2 is 1.84 bits per heavy atom. The number of fused-ring (bicyclic) bond motifs is 1. The van der Waals surface area contributed by atoms with E-state index in [1.807, 2.05) is 27.7 Å². The van der Waals surface area contributed by atoms with Gasteiger partial charge in [-0.25, -0.2) is 4.79 Å². The van der Waals surface area contributed by atoms with Crippen molar-refractivity contribution < 1.29 is 19.3 Å². The van der Waals surface area contributed by atoms with Crippen molar-refractivity contribution in [2.75, 3.05) is 7.11 Å². The van der Waals surface area contributed by atoms with E-state index in [0.29, 0.717) is 11.1 Å². The molecule has 1 aromatic carbocycles. The van der Waals surface area contributed by atoms with E-state index < -0.39 is 27.6 Å². The molecule has 2 aliphatic heterocycles. The number of hydroxylamine groups is 2. The number of nitrogens with zero attached hydrogens (tertiary/aromatic N) is 2. The van der Waals surface area contributed by atoms with Gasteiger partial charge in [-0.15, -0.1) is 5.06 Å². The molecular formula is C17H21N3O5. The van der Waals surface area contributed by atoms with Crippen molar-refractivity contribution in [3.05, 3.63) is 51.8 Å². The molecule has 3 rings (SSSR count). The third-order valence-corrected chi connectivity index (χ3v) is 5.40. The fourth-order valence-electron chi connectivity index (χ4n) is 3.38.